The van der Waals surface area contributed by atoms with Crippen molar-refractivity contribution in [1.29, 1.82) is 0 Å². The van der Waals surface area contributed by atoms with Gasteiger partial charge in [0.05, 0.1) is 6.67 Å². The highest BCUT2D eigenvalue weighted by Crippen LogP contribution is 2.25. The molecule has 0 saturated heterocycles. The molecule has 2 N–H and O–H groups in total. The van der Waals surface area contributed by atoms with Gasteiger partial charge in [-0.05, 0) is 80.9 Å². The average Bonchev–Trinajstić information content (AvgIpc) is 3.03. The van der Waals surface area contributed by atoms with Crippen LogP contribution in [0, 0.1) is 5.92 Å². The SMILES string of the molecule is C[C@H](Cc1ccc2c(c1)CCC2)NC(=O)NC1CCC(CF)CC1. The van der Waals surface area contributed by atoms with Gasteiger partial charge in [0.1, 0.15) is 0 Å². The number of alkyl halides is 1. The van der Waals surface area contributed by atoms with Crippen molar-refractivity contribution >= 4 is 6.03 Å². The maximum Gasteiger partial charge on any atom is 0.315 e. The zero-order valence-electron chi connectivity index (χ0n) is 14.6. The smallest absolute Gasteiger partial charge is 0.315 e. The fourth-order valence-corrected chi connectivity index (χ4v) is 4.07. The van der Waals surface area contributed by atoms with Crippen LogP contribution in [0.4, 0.5) is 9.18 Å². The van der Waals surface area contributed by atoms with Gasteiger partial charge in [-0.2, -0.15) is 0 Å². The molecule has 2 amide bonds. The lowest BCUT2D eigenvalue weighted by molar-refractivity contribution is 0.216. The highest BCUT2D eigenvalue weighted by atomic mass is 19.1. The van der Waals surface area contributed by atoms with E-state index in [0.29, 0.717) is 0 Å². The Morgan fingerprint density at radius 2 is 1.96 bits per heavy atom. The summed E-state index contributed by atoms with van der Waals surface area (Å²) < 4.78 is 12.6. The molecule has 1 fully saturated rings. The number of amides is 2. The standard InChI is InChI=1S/C20H29FN2O/c1-14(11-16-5-8-17-3-2-4-18(17)12-16)22-20(24)23-19-9-6-15(13-21)7-10-19/h5,8,12,14-15,19H,2-4,6-7,9-11,13H2,1H3,(H2,22,23,24)/t14-,15?,19?/m1/s1. The van der Waals surface area contributed by atoms with E-state index in [1.54, 1.807) is 0 Å². The van der Waals surface area contributed by atoms with E-state index < -0.39 is 0 Å². The van der Waals surface area contributed by atoms with Gasteiger partial charge in [0.2, 0.25) is 0 Å². The second kappa shape index (κ2) is 8.00. The van der Waals surface area contributed by atoms with E-state index >= 15 is 0 Å². The normalized spacial score (nSPS) is 24.2. The van der Waals surface area contributed by atoms with Gasteiger partial charge in [0.25, 0.3) is 0 Å². The summed E-state index contributed by atoms with van der Waals surface area (Å²) in [6, 6.07) is 6.95. The third kappa shape index (κ3) is 4.49. The van der Waals surface area contributed by atoms with Crippen molar-refractivity contribution in [2.24, 2.45) is 5.92 Å². The zero-order valence-corrected chi connectivity index (χ0v) is 14.6. The molecule has 132 valence electrons. The fraction of sp³-hybridized carbons (Fsp3) is 0.650. The molecule has 1 saturated carbocycles. The van der Waals surface area contributed by atoms with Crippen LogP contribution in [0.5, 0.6) is 0 Å². The zero-order chi connectivity index (χ0) is 16.9. The number of hydrogen-bond donors (Lipinski definition) is 2. The number of nitrogens with one attached hydrogen (secondary N) is 2. The highest BCUT2D eigenvalue weighted by Gasteiger charge is 2.22. The van der Waals surface area contributed by atoms with Gasteiger partial charge >= 0.3 is 6.03 Å². The first-order valence-electron chi connectivity index (χ1n) is 9.37. The Morgan fingerprint density at radius 1 is 1.21 bits per heavy atom. The number of rotatable bonds is 5. The molecule has 1 atom stereocenters. The molecule has 0 bridgehead atoms. The van der Waals surface area contributed by atoms with Crippen molar-refractivity contribution < 1.29 is 9.18 Å². The van der Waals surface area contributed by atoms with Crippen LogP contribution in [0.1, 0.15) is 55.7 Å². The predicted molar refractivity (Wildman–Crippen MR) is 95.0 cm³/mol. The highest BCUT2D eigenvalue weighted by molar-refractivity contribution is 5.74. The number of hydrogen-bond acceptors (Lipinski definition) is 1. The number of benzene rings is 1. The van der Waals surface area contributed by atoms with Crippen molar-refractivity contribution in [2.75, 3.05) is 6.67 Å². The summed E-state index contributed by atoms with van der Waals surface area (Å²) in [5.74, 6) is 0.199. The first-order valence-corrected chi connectivity index (χ1v) is 9.37. The maximum absolute atomic E-state index is 12.6. The van der Waals surface area contributed by atoms with Gasteiger partial charge in [-0.25, -0.2) is 4.79 Å². The Labute approximate surface area is 144 Å². The molecular weight excluding hydrogens is 303 g/mol. The molecule has 0 aromatic heterocycles. The summed E-state index contributed by atoms with van der Waals surface area (Å²) in [4.78, 5) is 12.2. The third-order valence-corrected chi connectivity index (χ3v) is 5.48. The minimum Gasteiger partial charge on any atom is -0.335 e. The van der Waals surface area contributed by atoms with E-state index in [1.165, 1.54) is 36.0 Å². The monoisotopic (exact) mass is 332 g/mol. The first kappa shape index (κ1) is 17.2. The number of carbonyl (C=O) groups excluding carboxylic acids is 1. The second-order valence-corrected chi connectivity index (χ2v) is 7.55. The average molecular weight is 332 g/mol. The van der Waals surface area contributed by atoms with Gasteiger partial charge in [0, 0.05) is 12.1 Å². The summed E-state index contributed by atoms with van der Waals surface area (Å²) >= 11 is 0. The molecule has 3 rings (SSSR count). The lowest BCUT2D eigenvalue weighted by Crippen LogP contribution is -2.47. The van der Waals surface area contributed by atoms with E-state index in [0.717, 1.165) is 32.1 Å². The molecule has 1 aromatic rings. The number of halogens is 1. The number of fused-ring (bicyclic) bond motifs is 1. The van der Waals surface area contributed by atoms with Crippen molar-refractivity contribution in [3.8, 4) is 0 Å². The minimum atomic E-state index is -0.225. The van der Waals surface area contributed by atoms with Gasteiger partial charge in [0.15, 0.2) is 0 Å². The topological polar surface area (TPSA) is 41.1 Å². The third-order valence-electron chi connectivity index (χ3n) is 5.48. The van der Waals surface area contributed by atoms with E-state index in [2.05, 4.69) is 28.8 Å². The number of urea groups is 1. The maximum atomic E-state index is 12.6. The molecule has 3 nitrogen and oxygen atoms in total. The van der Waals surface area contributed by atoms with Crippen LogP contribution in [0.3, 0.4) is 0 Å². The van der Waals surface area contributed by atoms with E-state index in [1.807, 2.05) is 6.92 Å². The Balaban J connectivity index is 1.43. The van der Waals surface area contributed by atoms with Crippen LogP contribution in [-0.4, -0.2) is 24.8 Å². The van der Waals surface area contributed by atoms with E-state index in [9.17, 15) is 9.18 Å². The minimum absolute atomic E-state index is 0.0904. The van der Waals surface area contributed by atoms with E-state index in [-0.39, 0.29) is 30.7 Å². The number of carbonyl (C=O) groups is 1. The van der Waals surface area contributed by atoms with Gasteiger partial charge in [-0.1, -0.05) is 18.2 Å². The summed E-state index contributed by atoms with van der Waals surface area (Å²) in [5.41, 5.74) is 4.27. The van der Waals surface area contributed by atoms with Gasteiger partial charge in [-0.15, -0.1) is 0 Å². The Morgan fingerprint density at radius 3 is 2.71 bits per heavy atom. The lowest BCUT2D eigenvalue weighted by Gasteiger charge is -2.28. The predicted octanol–water partition coefficient (Wildman–Crippen LogP) is 3.93. The van der Waals surface area contributed by atoms with Crippen molar-refractivity contribution in [3.05, 3.63) is 34.9 Å². The fourth-order valence-electron chi connectivity index (χ4n) is 4.07. The summed E-state index contributed by atoms with van der Waals surface area (Å²) in [7, 11) is 0. The molecule has 0 heterocycles. The van der Waals surface area contributed by atoms with Gasteiger partial charge in [-0.3, -0.25) is 4.39 Å². The Bertz CT molecular complexity index is 567. The summed E-state index contributed by atoms with van der Waals surface area (Å²) in [6.07, 6.45) is 8.05. The second-order valence-electron chi connectivity index (χ2n) is 7.55. The van der Waals surface area contributed by atoms with Crippen LogP contribution in [0.15, 0.2) is 18.2 Å². The molecule has 2 aliphatic rings. The van der Waals surface area contributed by atoms with Crippen molar-refractivity contribution in [1.82, 2.24) is 10.6 Å². The summed E-state index contributed by atoms with van der Waals surface area (Å²) in [5, 5.41) is 6.09. The van der Waals surface area contributed by atoms with Crippen LogP contribution >= 0.6 is 0 Å². The molecule has 24 heavy (non-hydrogen) atoms. The van der Waals surface area contributed by atoms with Crippen molar-refractivity contribution in [3.63, 3.8) is 0 Å². The van der Waals surface area contributed by atoms with E-state index in [4.69, 9.17) is 0 Å². The molecule has 0 radical (unpaired) electrons. The number of aryl methyl sites for hydroxylation is 2. The molecule has 0 unspecified atom stereocenters. The largest absolute Gasteiger partial charge is 0.335 e. The molecular formula is C20H29FN2O. The molecule has 0 spiro atoms. The Kier molecular flexibility index (Phi) is 5.75. The van der Waals surface area contributed by atoms with Crippen LogP contribution in [0.25, 0.3) is 0 Å². The summed E-state index contributed by atoms with van der Waals surface area (Å²) in [6.45, 7) is 1.82. The quantitative estimate of drug-likeness (QED) is 0.843. The van der Waals surface area contributed by atoms with Crippen LogP contribution in [0.2, 0.25) is 0 Å². The first-order chi connectivity index (χ1) is 11.6. The Hall–Kier alpha value is -1.58. The molecule has 2 aliphatic carbocycles. The van der Waals surface area contributed by atoms with Crippen molar-refractivity contribution in [2.45, 2.75) is 70.4 Å². The lowest BCUT2D eigenvalue weighted by atomic mass is 9.87. The molecule has 1 aromatic carbocycles. The molecule has 4 heteroatoms. The molecule has 0 aliphatic heterocycles. The van der Waals surface area contributed by atoms with Gasteiger partial charge < -0.3 is 10.6 Å². The van der Waals surface area contributed by atoms with Crippen LogP contribution < -0.4 is 10.6 Å². The van der Waals surface area contributed by atoms with Crippen LogP contribution in [-0.2, 0) is 19.3 Å².